The van der Waals surface area contributed by atoms with Crippen LogP contribution < -0.4 is 0 Å². The predicted octanol–water partition coefficient (Wildman–Crippen LogP) is 7.39. The topological polar surface area (TPSA) is 25.8 Å². The van der Waals surface area contributed by atoms with Crippen molar-refractivity contribution in [3.05, 3.63) is 22.3 Å². The number of benzene rings is 1. The third-order valence-corrected chi connectivity index (χ3v) is 8.91. The first kappa shape index (κ1) is 19.4. The van der Waals surface area contributed by atoms with E-state index in [1.54, 1.807) is 0 Å². The average molecular weight is 385 g/mol. The third kappa shape index (κ3) is 3.34. The Balaban J connectivity index is 1.78. The van der Waals surface area contributed by atoms with Crippen LogP contribution in [0.4, 0.5) is 0 Å². The highest BCUT2D eigenvalue weighted by molar-refractivity contribution is 7.00. The molecule has 0 bridgehead atoms. The van der Waals surface area contributed by atoms with Crippen LogP contribution in [0.3, 0.4) is 0 Å². The number of hydrogen-bond acceptors (Lipinski definition) is 3. The first-order valence-corrected chi connectivity index (χ1v) is 11.9. The molecule has 2 fully saturated rings. The molecule has 0 spiro atoms. The Kier molecular flexibility index (Phi) is 5.35. The van der Waals surface area contributed by atoms with Crippen LogP contribution in [-0.2, 0) is 0 Å². The molecule has 2 aliphatic rings. The monoisotopic (exact) mass is 384 g/mol. The second-order valence-corrected chi connectivity index (χ2v) is 10.5. The number of aromatic nitrogens is 2. The average Bonchev–Trinajstić information content (AvgIpc) is 3.10. The highest BCUT2D eigenvalue weighted by atomic mass is 32.1. The molecule has 2 aliphatic carbocycles. The zero-order chi connectivity index (χ0) is 19.3. The maximum absolute atomic E-state index is 4.86. The van der Waals surface area contributed by atoms with Gasteiger partial charge >= 0.3 is 0 Å². The summed E-state index contributed by atoms with van der Waals surface area (Å²) in [5.74, 6) is 4.67. The summed E-state index contributed by atoms with van der Waals surface area (Å²) >= 11 is 1.43. The quantitative estimate of drug-likeness (QED) is 0.539. The lowest BCUT2D eigenvalue weighted by atomic mass is 9.69. The molecule has 3 heteroatoms. The van der Waals surface area contributed by atoms with E-state index in [1.807, 2.05) is 0 Å². The van der Waals surface area contributed by atoms with Gasteiger partial charge in [-0.05, 0) is 110 Å². The van der Waals surface area contributed by atoms with Gasteiger partial charge in [-0.1, -0.05) is 27.7 Å². The molecule has 0 saturated heterocycles. The molecular weight excluding hydrogens is 348 g/mol. The summed E-state index contributed by atoms with van der Waals surface area (Å²) in [6.45, 7) is 14.5. The van der Waals surface area contributed by atoms with Gasteiger partial charge in [0.05, 0.1) is 11.7 Å². The Bertz CT molecular complexity index is 757. The fourth-order valence-corrected chi connectivity index (χ4v) is 6.49. The predicted molar refractivity (Wildman–Crippen MR) is 117 cm³/mol. The van der Waals surface area contributed by atoms with Crippen LogP contribution in [0.25, 0.3) is 11.0 Å². The maximum Gasteiger partial charge on any atom is 0.108 e. The van der Waals surface area contributed by atoms with E-state index in [0.717, 1.165) is 23.7 Å². The molecule has 1 heterocycles. The van der Waals surface area contributed by atoms with E-state index < -0.39 is 0 Å². The summed E-state index contributed by atoms with van der Waals surface area (Å²) in [6.07, 6.45) is 7.95. The molecule has 1 aromatic carbocycles. The van der Waals surface area contributed by atoms with Gasteiger partial charge in [-0.3, -0.25) is 0 Å². The largest absolute Gasteiger partial charge is 0.173 e. The Labute approximate surface area is 169 Å². The minimum Gasteiger partial charge on any atom is -0.173 e. The first-order valence-electron chi connectivity index (χ1n) is 11.1. The Morgan fingerprint density at radius 3 is 1.41 bits per heavy atom. The number of fused-ring (bicyclic) bond motifs is 1. The molecule has 2 nitrogen and oxygen atoms in total. The van der Waals surface area contributed by atoms with Crippen molar-refractivity contribution < 1.29 is 0 Å². The minimum atomic E-state index is 0.667. The zero-order valence-electron chi connectivity index (χ0n) is 18.0. The molecule has 0 aliphatic heterocycles. The van der Waals surface area contributed by atoms with Gasteiger partial charge < -0.3 is 0 Å². The summed E-state index contributed by atoms with van der Waals surface area (Å²) in [5, 5.41) is 0. The van der Waals surface area contributed by atoms with Gasteiger partial charge in [0.25, 0.3) is 0 Å². The highest BCUT2D eigenvalue weighted by Gasteiger charge is 2.33. The molecular formula is C24H36N2S. The number of hydrogen-bond donors (Lipinski definition) is 0. The van der Waals surface area contributed by atoms with Crippen molar-refractivity contribution >= 4 is 22.8 Å². The number of nitrogens with zero attached hydrogens (tertiary/aromatic N) is 2. The summed E-state index contributed by atoms with van der Waals surface area (Å²) in [4.78, 5) is 0. The molecule has 27 heavy (non-hydrogen) atoms. The van der Waals surface area contributed by atoms with Crippen LogP contribution in [0.5, 0.6) is 0 Å². The van der Waals surface area contributed by atoms with Crippen LogP contribution in [0, 0.1) is 37.5 Å². The Hall–Kier alpha value is -0.960. The summed E-state index contributed by atoms with van der Waals surface area (Å²) in [7, 11) is 0. The van der Waals surface area contributed by atoms with Crippen molar-refractivity contribution in [2.75, 3.05) is 0 Å². The highest BCUT2D eigenvalue weighted by Crippen LogP contribution is 2.47. The van der Waals surface area contributed by atoms with Gasteiger partial charge in [0, 0.05) is 0 Å². The van der Waals surface area contributed by atoms with Crippen molar-refractivity contribution in [3.63, 3.8) is 0 Å². The van der Waals surface area contributed by atoms with Crippen molar-refractivity contribution in [2.45, 2.75) is 91.9 Å². The minimum absolute atomic E-state index is 0.667. The van der Waals surface area contributed by atoms with Crippen molar-refractivity contribution in [2.24, 2.45) is 23.7 Å². The van der Waals surface area contributed by atoms with Gasteiger partial charge in [0.2, 0.25) is 0 Å². The van der Waals surface area contributed by atoms with Gasteiger partial charge in [-0.25, -0.2) is 0 Å². The van der Waals surface area contributed by atoms with Gasteiger partial charge in [-0.2, -0.15) is 8.75 Å². The van der Waals surface area contributed by atoms with Crippen molar-refractivity contribution in [1.29, 1.82) is 0 Å². The molecule has 0 N–H and O–H groups in total. The second-order valence-electron chi connectivity index (χ2n) is 9.97. The number of rotatable bonds is 2. The first-order chi connectivity index (χ1) is 12.9. The smallest absolute Gasteiger partial charge is 0.108 e. The Morgan fingerprint density at radius 2 is 1.04 bits per heavy atom. The van der Waals surface area contributed by atoms with E-state index in [1.165, 1.54) is 83.5 Å². The lowest BCUT2D eigenvalue weighted by Crippen LogP contribution is -2.22. The van der Waals surface area contributed by atoms with Gasteiger partial charge in [0.15, 0.2) is 0 Å². The molecule has 6 unspecified atom stereocenters. The van der Waals surface area contributed by atoms with Crippen molar-refractivity contribution in [1.82, 2.24) is 8.75 Å². The fourth-order valence-electron chi connectivity index (χ4n) is 5.92. The zero-order valence-corrected chi connectivity index (χ0v) is 18.8. The van der Waals surface area contributed by atoms with Crippen LogP contribution in [0.1, 0.15) is 100 Å². The molecule has 1 aromatic heterocycles. The lowest BCUT2D eigenvalue weighted by molar-refractivity contribution is 0.249. The SMILES string of the molecule is Cc1c(C)c(C2CCC(C)C(C)C2)c2nsnc2c1C1CCC(C)C(C)C1. The van der Waals surface area contributed by atoms with E-state index in [0.29, 0.717) is 11.8 Å². The fraction of sp³-hybridized carbons (Fsp3) is 0.750. The van der Waals surface area contributed by atoms with Crippen LogP contribution >= 0.6 is 11.7 Å². The van der Waals surface area contributed by atoms with Crippen molar-refractivity contribution in [3.8, 4) is 0 Å². The molecule has 2 aromatic rings. The van der Waals surface area contributed by atoms with E-state index in [4.69, 9.17) is 8.75 Å². The molecule has 2 saturated carbocycles. The summed E-state index contributed by atoms with van der Waals surface area (Å²) in [5.41, 5.74) is 8.60. The summed E-state index contributed by atoms with van der Waals surface area (Å²) in [6, 6.07) is 0. The summed E-state index contributed by atoms with van der Waals surface area (Å²) < 4.78 is 9.72. The Morgan fingerprint density at radius 1 is 0.630 bits per heavy atom. The van der Waals surface area contributed by atoms with E-state index in [9.17, 15) is 0 Å². The van der Waals surface area contributed by atoms with Gasteiger partial charge in [0.1, 0.15) is 11.0 Å². The molecule has 4 rings (SSSR count). The van der Waals surface area contributed by atoms with E-state index in [2.05, 4.69) is 41.5 Å². The van der Waals surface area contributed by atoms with Crippen LogP contribution in [-0.4, -0.2) is 8.75 Å². The van der Waals surface area contributed by atoms with Crippen LogP contribution in [0.2, 0.25) is 0 Å². The van der Waals surface area contributed by atoms with E-state index in [-0.39, 0.29) is 0 Å². The third-order valence-electron chi connectivity index (χ3n) is 8.38. The molecule has 148 valence electrons. The van der Waals surface area contributed by atoms with Gasteiger partial charge in [-0.15, -0.1) is 0 Å². The van der Waals surface area contributed by atoms with E-state index >= 15 is 0 Å². The lowest BCUT2D eigenvalue weighted by Gasteiger charge is -2.35. The molecule has 0 radical (unpaired) electrons. The van der Waals surface area contributed by atoms with Crippen LogP contribution in [0.15, 0.2) is 0 Å². The molecule has 6 atom stereocenters. The standard InChI is InChI=1S/C24H36N2S/c1-13-7-9-19(11-15(13)3)21-17(5)18(6)22(24-23(21)25-27-26-24)20-10-8-14(2)16(4)12-20/h13-16,19-20H,7-12H2,1-6H3. The maximum atomic E-state index is 4.86. The molecule has 0 amide bonds. The second kappa shape index (κ2) is 7.46. The normalized spacial score (nSPS) is 34.9.